The normalized spacial score (nSPS) is 11.0. The monoisotopic (exact) mass is 214 g/mol. The minimum absolute atomic E-state index is 0.584. The van der Waals surface area contributed by atoms with Crippen LogP contribution in [-0.4, -0.2) is 0 Å². The van der Waals surface area contributed by atoms with E-state index in [1.807, 2.05) is 30.3 Å². The van der Waals surface area contributed by atoms with Gasteiger partial charge in [-0.2, -0.15) is 0 Å². The molecule has 0 fully saturated rings. The fourth-order valence-electron chi connectivity index (χ4n) is 1.69. The van der Waals surface area contributed by atoms with Gasteiger partial charge in [0.2, 0.25) is 11.2 Å². The van der Waals surface area contributed by atoms with E-state index in [0.29, 0.717) is 16.9 Å². The van der Waals surface area contributed by atoms with Crippen LogP contribution in [0.2, 0.25) is 0 Å². The number of benzene rings is 2. The van der Waals surface area contributed by atoms with Crippen molar-refractivity contribution in [2.24, 2.45) is 0 Å². The topological polar surface area (TPSA) is 78.3 Å². The second-order valence-corrected chi connectivity index (χ2v) is 3.65. The highest BCUT2D eigenvalue weighted by molar-refractivity contribution is 5.96. The average Bonchev–Trinajstić information content (AvgIpc) is 2.22. The number of hydrogen-bond donors (Lipinski definition) is 2. The third-order valence-corrected chi connectivity index (χ3v) is 2.57. The van der Waals surface area contributed by atoms with Crippen LogP contribution in [0.15, 0.2) is 45.6 Å². The Morgan fingerprint density at radius 1 is 0.750 bits per heavy atom. The van der Waals surface area contributed by atoms with Gasteiger partial charge in [-0.1, -0.05) is 12.1 Å². The lowest BCUT2D eigenvalue weighted by Gasteiger charge is -2.07. The summed E-state index contributed by atoms with van der Waals surface area (Å²) in [5.74, 6) is 0. The zero-order chi connectivity index (χ0) is 11.1. The summed E-state index contributed by atoms with van der Waals surface area (Å²) in [5.41, 5.74) is 15.9. The first-order valence-electron chi connectivity index (χ1n) is 4.88. The lowest BCUT2D eigenvalue weighted by atomic mass is 10.0. The molecule has 0 unspecified atom stereocenters. The van der Waals surface area contributed by atoms with Gasteiger partial charge >= 0.3 is 0 Å². The summed E-state index contributed by atoms with van der Waals surface area (Å²) in [6.07, 6.45) is 0. The fourth-order valence-corrected chi connectivity index (χ4v) is 1.69. The zero-order valence-electron chi connectivity index (χ0n) is 8.44. The van der Waals surface area contributed by atoms with Gasteiger partial charge in [-0.3, -0.25) is 9.15 Å². The van der Waals surface area contributed by atoms with Gasteiger partial charge in [-0.05, 0) is 29.8 Å². The third-order valence-electron chi connectivity index (χ3n) is 2.57. The smallest absolute Gasteiger partial charge is 0.249 e. The Hall–Kier alpha value is -2.36. The molecule has 0 aliphatic rings. The Labute approximate surface area is 91.4 Å². The second-order valence-electron chi connectivity index (χ2n) is 3.65. The highest BCUT2D eigenvalue weighted by Gasteiger charge is 2.14. The second kappa shape index (κ2) is 3.06. The summed E-state index contributed by atoms with van der Waals surface area (Å²) < 4.78 is 9.80. The third kappa shape index (κ3) is 1.16. The first-order valence-corrected chi connectivity index (χ1v) is 4.88. The van der Waals surface area contributed by atoms with Crippen LogP contribution in [0.5, 0.6) is 0 Å². The van der Waals surface area contributed by atoms with E-state index in [1.54, 1.807) is 6.07 Å². The van der Waals surface area contributed by atoms with Gasteiger partial charge < -0.3 is 11.5 Å². The lowest BCUT2D eigenvalue weighted by Crippen LogP contribution is -1.91. The van der Waals surface area contributed by atoms with E-state index >= 15 is 0 Å². The van der Waals surface area contributed by atoms with Crippen molar-refractivity contribution in [3.05, 3.63) is 36.4 Å². The van der Waals surface area contributed by atoms with E-state index in [4.69, 9.17) is 20.6 Å². The number of anilines is 2. The molecule has 1 aromatic heterocycles. The minimum Gasteiger partial charge on any atom is -0.399 e. The molecule has 1 heterocycles. The van der Waals surface area contributed by atoms with Crippen molar-refractivity contribution in [3.63, 3.8) is 0 Å². The average molecular weight is 214 g/mol. The predicted octanol–water partition coefficient (Wildman–Crippen LogP) is 2.86. The molecular formula is C12H10N2O2. The fraction of sp³-hybridized carbons (Fsp3) is 0. The maximum atomic E-state index is 5.72. The Morgan fingerprint density at radius 3 is 2.06 bits per heavy atom. The van der Waals surface area contributed by atoms with Crippen LogP contribution in [0.3, 0.4) is 0 Å². The molecule has 2 aromatic carbocycles. The molecule has 3 rings (SSSR count). The molecule has 0 spiro atoms. The Kier molecular flexibility index (Phi) is 1.71. The maximum absolute atomic E-state index is 5.72. The Morgan fingerprint density at radius 2 is 1.44 bits per heavy atom. The van der Waals surface area contributed by atoms with Crippen molar-refractivity contribution >= 4 is 22.5 Å². The highest BCUT2D eigenvalue weighted by atomic mass is 17.0. The summed E-state index contributed by atoms with van der Waals surface area (Å²) in [4.78, 5) is 0. The number of rotatable bonds is 1. The van der Waals surface area contributed by atoms with Crippen LogP contribution in [0.1, 0.15) is 0 Å². The van der Waals surface area contributed by atoms with Gasteiger partial charge in [0.05, 0.1) is 5.69 Å². The van der Waals surface area contributed by atoms with E-state index in [2.05, 4.69) is 0 Å². The number of nitrogens with two attached hydrogens (primary N) is 2. The molecule has 4 heteroatoms. The zero-order valence-corrected chi connectivity index (χ0v) is 8.44. The molecule has 16 heavy (non-hydrogen) atoms. The number of fused-ring (bicyclic) bond motifs is 1. The molecule has 0 bridgehead atoms. The SMILES string of the molecule is Nc1ccc(-c2ccc(N)c3ooc23)cc1. The van der Waals surface area contributed by atoms with Crippen molar-refractivity contribution < 1.29 is 9.15 Å². The van der Waals surface area contributed by atoms with Gasteiger partial charge in [0, 0.05) is 11.3 Å². The van der Waals surface area contributed by atoms with E-state index < -0.39 is 0 Å². The summed E-state index contributed by atoms with van der Waals surface area (Å²) in [7, 11) is 0. The van der Waals surface area contributed by atoms with Gasteiger partial charge in [-0.25, -0.2) is 0 Å². The molecule has 0 radical (unpaired) electrons. The standard InChI is InChI=1S/C12H10N2O2/c13-8-3-1-7(2-4-8)9-5-6-10(14)12-11(9)15-16-12/h1-6H,13-14H2. The van der Waals surface area contributed by atoms with Crippen LogP contribution in [-0.2, 0) is 0 Å². The first-order chi connectivity index (χ1) is 7.75. The minimum atomic E-state index is 0.584. The van der Waals surface area contributed by atoms with Crippen molar-refractivity contribution in [2.45, 2.75) is 0 Å². The Bertz CT molecular complexity index is 635. The predicted molar refractivity (Wildman–Crippen MR) is 62.7 cm³/mol. The first kappa shape index (κ1) is 8.91. The molecule has 0 amide bonds. The van der Waals surface area contributed by atoms with Crippen LogP contribution in [0.25, 0.3) is 22.3 Å². The lowest BCUT2D eigenvalue weighted by molar-refractivity contribution is 0.0601. The van der Waals surface area contributed by atoms with E-state index in [0.717, 1.165) is 16.8 Å². The van der Waals surface area contributed by atoms with Crippen LogP contribution < -0.4 is 11.5 Å². The summed E-state index contributed by atoms with van der Waals surface area (Å²) >= 11 is 0. The molecule has 4 nitrogen and oxygen atoms in total. The van der Waals surface area contributed by atoms with Crippen molar-refractivity contribution in [2.75, 3.05) is 11.5 Å². The quantitative estimate of drug-likeness (QED) is 0.482. The van der Waals surface area contributed by atoms with Gasteiger partial charge in [0.15, 0.2) is 0 Å². The van der Waals surface area contributed by atoms with E-state index in [9.17, 15) is 0 Å². The molecule has 0 aliphatic heterocycles. The number of hydrogen-bond acceptors (Lipinski definition) is 4. The molecule has 0 saturated heterocycles. The molecule has 80 valence electrons. The van der Waals surface area contributed by atoms with Gasteiger partial charge in [0.25, 0.3) is 0 Å². The molecule has 4 N–H and O–H groups in total. The largest absolute Gasteiger partial charge is 0.399 e. The van der Waals surface area contributed by atoms with E-state index in [1.165, 1.54) is 0 Å². The summed E-state index contributed by atoms with van der Waals surface area (Å²) in [6.45, 7) is 0. The molecule has 0 aliphatic carbocycles. The Balaban J connectivity index is 2.20. The van der Waals surface area contributed by atoms with Crippen LogP contribution in [0.4, 0.5) is 11.4 Å². The van der Waals surface area contributed by atoms with Crippen molar-refractivity contribution in [3.8, 4) is 11.1 Å². The molecule has 0 atom stereocenters. The molecule has 3 aromatic rings. The maximum Gasteiger partial charge on any atom is 0.249 e. The van der Waals surface area contributed by atoms with Gasteiger partial charge in [-0.15, -0.1) is 0 Å². The number of nitrogen functional groups attached to an aromatic ring is 2. The van der Waals surface area contributed by atoms with Crippen LogP contribution >= 0.6 is 0 Å². The van der Waals surface area contributed by atoms with Crippen LogP contribution in [0, 0.1) is 0 Å². The summed E-state index contributed by atoms with van der Waals surface area (Å²) in [5, 5.41) is 0. The molecular weight excluding hydrogens is 204 g/mol. The molecule has 0 saturated carbocycles. The van der Waals surface area contributed by atoms with E-state index in [-0.39, 0.29) is 0 Å². The van der Waals surface area contributed by atoms with Gasteiger partial charge in [0.1, 0.15) is 0 Å². The van der Waals surface area contributed by atoms with Crippen molar-refractivity contribution in [1.29, 1.82) is 0 Å². The highest BCUT2D eigenvalue weighted by Crippen LogP contribution is 2.34. The summed E-state index contributed by atoms with van der Waals surface area (Å²) in [6, 6.07) is 11.3. The van der Waals surface area contributed by atoms with Crippen molar-refractivity contribution in [1.82, 2.24) is 0 Å².